The summed E-state index contributed by atoms with van der Waals surface area (Å²) < 4.78 is 1.99. The summed E-state index contributed by atoms with van der Waals surface area (Å²) in [6.07, 6.45) is 6.81. The monoisotopic (exact) mass is 340 g/mol. The van der Waals surface area contributed by atoms with Crippen molar-refractivity contribution in [3.05, 3.63) is 33.7 Å². The van der Waals surface area contributed by atoms with E-state index in [0.29, 0.717) is 16.9 Å². The highest BCUT2D eigenvalue weighted by Gasteiger charge is 2.22. The molecule has 0 aliphatic carbocycles. The van der Waals surface area contributed by atoms with Gasteiger partial charge in [-0.25, -0.2) is 4.68 Å². The van der Waals surface area contributed by atoms with Crippen LogP contribution in [0.3, 0.4) is 0 Å². The molecule has 2 N–H and O–H groups in total. The number of rotatable bonds is 5. The number of hydrogen-bond acceptors (Lipinski definition) is 4. The molecule has 1 fully saturated rings. The van der Waals surface area contributed by atoms with Gasteiger partial charge in [-0.1, -0.05) is 6.08 Å². The highest BCUT2D eigenvalue weighted by molar-refractivity contribution is 9.10. The quantitative estimate of drug-likeness (QED) is 0.829. The first-order valence-electron chi connectivity index (χ1n) is 6.99. The van der Waals surface area contributed by atoms with Crippen molar-refractivity contribution >= 4 is 21.6 Å². The van der Waals surface area contributed by atoms with Gasteiger partial charge in [0.05, 0.1) is 18.4 Å². The zero-order chi connectivity index (χ0) is 14.5. The number of piperidine rings is 1. The molecule has 1 aromatic heterocycles. The van der Waals surface area contributed by atoms with Gasteiger partial charge in [0.25, 0.3) is 5.56 Å². The summed E-state index contributed by atoms with van der Waals surface area (Å²) >= 11 is 3.42. The van der Waals surface area contributed by atoms with Crippen molar-refractivity contribution < 1.29 is 0 Å². The predicted molar refractivity (Wildman–Crippen MR) is 85.0 cm³/mol. The lowest BCUT2D eigenvalue weighted by Gasteiger charge is -2.34. The molecule has 20 heavy (non-hydrogen) atoms. The van der Waals surface area contributed by atoms with Crippen LogP contribution < -0.4 is 16.2 Å². The minimum absolute atomic E-state index is 0.108. The number of nitrogens with two attached hydrogens (primary N) is 1. The lowest BCUT2D eigenvalue weighted by atomic mass is 9.94. The fourth-order valence-corrected chi connectivity index (χ4v) is 3.24. The average Bonchev–Trinajstić information content (AvgIpc) is 2.45. The number of aromatic nitrogens is 2. The SMILES string of the molecule is C=CCn1ncc(N2CCCC(CCN)C2)c(Br)c1=O. The largest absolute Gasteiger partial charge is 0.369 e. The van der Waals surface area contributed by atoms with E-state index in [2.05, 4.69) is 32.5 Å². The fraction of sp³-hybridized carbons (Fsp3) is 0.571. The Labute approximate surface area is 127 Å². The fourth-order valence-electron chi connectivity index (χ4n) is 2.68. The lowest BCUT2D eigenvalue weighted by molar-refractivity contribution is 0.395. The maximum atomic E-state index is 12.2. The standard InChI is InChI=1S/C14H21BrN4O/c1-2-7-19-14(20)13(15)12(9-17-19)18-8-3-4-11(10-18)5-6-16/h2,9,11H,1,3-8,10,16H2. The van der Waals surface area contributed by atoms with Crippen LogP contribution >= 0.6 is 15.9 Å². The molecule has 1 saturated heterocycles. The normalized spacial score (nSPS) is 19.1. The van der Waals surface area contributed by atoms with Crippen molar-refractivity contribution in [1.82, 2.24) is 9.78 Å². The van der Waals surface area contributed by atoms with Crippen molar-refractivity contribution in [1.29, 1.82) is 0 Å². The number of allylic oxidation sites excluding steroid dienone is 1. The Bertz CT molecular complexity index is 526. The van der Waals surface area contributed by atoms with E-state index in [1.807, 2.05) is 0 Å². The maximum Gasteiger partial charge on any atom is 0.283 e. The first-order chi connectivity index (χ1) is 9.67. The highest BCUT2D eigenvalue weighted by atomic mass is 79.9. The van der Waals surface area contributed by atoms with Crippen LogP contribution in [0.15, 0.2) is 28.1 Å². The number of halogens is 1. The summed E-state index contributed by atoms with van der Waals surface area (Å²) in [6.45, 7) is 6.69. The van der Waals surface area contributed by atoms with Crippen molar-refractivity contribution in [2.45, 2.75) is 25.8 Å². The minimum atomic E-state index is -0.108. The first-order valence-corrected chi connectivity index (χ1v) is 7.78. The van der Waals surface area contributed by atoms with Crippen LogP contribution in [0.25, 0.3) is 0 Å². The molecule has 110 valence electrons. The molecule has 0 spiro atoms. The number of anilines is 1. The smallest absolute Gasteiger partial charge is 0.283 e. The van der Waals surface area contributed by atoms with E-state index in [9.17, 15) is 4.79 Å². The van der Waals surface area contributed by atoms with Gasteiger partial charge in [-0.05, 0) is 47.7 Å². The molecule has 2 rings (SSSR count). The van der Waals surface area contributed by atoms with Crippen molar-refractivity contribution in [2.24, 2.45) is 11.7 Å². The Morgan fingerprint density at radius 1 is 1.60 bits per heavy atom. The van der Waals surface area contributed by atoms with Gasteiger partial charge in [0.1, 0.15) is 4.47 Å². The molecule has 0 radical (unpaired) electrons. The summed E-state index contributed by atoms with van der Waals surface area (Å²) in [6, 6.07) is 0. The van der Waals surface area contributed by atoms with E-state index >= 15 is 0 Å². The minimum Gasteiger partial charge on any atom is -0.369 e. The zero-order valence-corrected chi connectivity index (χ0v) is 13.2. The summed E-state index contributed by atoms with van der Waals surface area (Å²) in [7, 11) is 0. The first kappa shape index (κ1) is 15.3. The van der Waals surface area contributed by atoms with Crippen molar-refractivity contribution in [3.8, 4) is 0 Å². The van der Waals surface area contributed by atoms with Crippen molar-refractivity contribution in [2.75, 3.05) is 24.5 Å². The van der Waals surface area contributed by atoms with Crippen molar-refractivity contribution in [3.63, 3.8) is 0 Å². The van der Waals surface area contributed by atoms with Gasteiger partial charge in [-0.2, -0.15) is 5.10 Å². The second kappa shape index (κ2) is 7.04. The molecule has 6 heteroatoms. The summed E-state index contributed by atoms with van der Waals surface area (Å²) in [4.78, 5) is 14.4. The van der Waals surface area contributed by atoms with Crippen LogP contribution in [0.2, 0.25) is 0 Å². The van der Waals surface area contributed by atoms with Gasteiger partial charge in [0.15, 0.2) is 0 Å². The molecule has 1 aliphatic heterocycles. The van der Waals surface area contributed by atoms with Gasteiger partial charge in [0.2, 0.25) is 0 Å². The third kappa shape index (κ3) is 3.30. The predicted octanol–water partition coefficient (Wildman–Crippen LogP) is 1.76. The van der Waals surface area contributed by atoms with E-state index in [4.69, 9.17) is 5.73 Å². The molecule has 0 amide bonds. The van der Waals surface area contributed by atoms with Crippen LogP contribution in [-0.2, 0) is 6.54 Å². The average molecular weight is 341 g/mol. The van der Waals surface area contributed by atoms with E-state index in [1.165, 1.54) is 11.1 Å². The van der Waals surface area contributed by atoms with Gasteiger partial charge in [-0.15, -0.1) is 6.58 Å². The Kier molecular flexibility index (Phi) is 5.37. The van der Waals surface area contributed by atoms with E-state index in [-0.39, 0.29) is 5.56 Å². The van der Waals surface area contributed by atoms with Crippen LogP contribution in [0.5, 0.6) is 0 Å². The van der Waals surface area contributed by atoms with Gasteiger partial charge in [-0.3, -0.25) is 4.79 Å². The molecular formula is C14H21BrN4O. The van der Waals surface area contributed by atoms with E-state index < -0.39 is 0 Å². The molecule has 1 atom stereocenters. The summed E-state index contributed by atoms with van der Waals surface area (Å²) in [5.41, 5.74) is 6.43. The molecule has 0 bridgehead atoms. The van der Waals surface area contributed by atoms with Crippen LogP contribution in [-0.4, -0.2) is 29.4 Å². The van der Waals surface area contributed by atoms with Gasteiger partial charge >= 0.3 is 0 Å². The zero-order valence-electron chi connectivity index (χ0n) is 11.6. The molecule has 0 saturated carbocycles. The molecule has 1 unspecified atom stereocenters. The lowest BCUT2D eigenvalue weighted by Crippen LogP contribution is -2.38. The second-order valence-electron chi connectivity index (χ2n) is 5.15. The van der Waals surface area contributed by atoms with E-state index in [0.717, 1.165) is 38.2 Å². The highest BCUT2D eigenvalue weighted by Crippen LogP contribution is 2.28. The molecule has 0 aromatic carbocycles. The molecular weight excluding hydrogens is 320 g/mol. The van der Waals surface area contributed by atoms with Crippen LogP contribution in [0.1, 0.15) is 19.3 Å². The second-order valence-corrected chi connectivity index (χ2v) is 5.94. The number of hydrogen-bond donors (Lipinski definition) is 1. The topological polar surface area (TPSA) is 64.2 Å². The number of nitrogens with zero attached hydrogens (tertiary/aromatic N) is 3. The third-order valence-corrected chi connectivity index (χ3v) is 4.45. The Hall–Kier alpha value is -1.14. The van der Waals surface area contributed by atoms with E-state index in [1.54, 1.807) is 12.3 Å². The Morgan fingerprint density at radius 2 is 2.40 bits per heavy atom. The summed E-state index contributed by atoms with van der Waals surface area (Å²) in [5, 5.41) is 4.21. The molecule has 1 aliphatic rings. The molecule has 1 aromatic rings. The molecule has 2 heterocycles. The van der Waals surface area contributed by atoms with Gasteiger partial charge in [0, 0.05) is 13.1 Å². The van der Waals surface area contributed by atoms with Crippen LogP contribution in [0.4, 0.5) is 5.69 Å². The maximum absolute atomic E-state index is 12.2. The Morgan fingerprint density at radius 3 is 3.10 bits per heavy atom. The Balaban J connectivity index is 2.22. The third-order valence-electron chi connectivity index (χ3n) is 3.70. The molecule has 5 nitrogen and oxygen atoms in total. The summed E-state index contributed by atoms with van der Waals surface area (Å²) in [5.74, 6) is 0.608. The van der Waals surface area contributed by atoms with Gasteiger partial charge < -0.3 is 10.6 Å². The van der Waals surface area contributed by atoms with Crippen LogP contribution in [0, 0.1) is 5.92 Å².